The third-order valence-electron chi connectivity index (χ3n) is 11.3. The topological polar surface area (TPSA) is 78.9 Å². The molecule has 56 heavy (non-hydrogen) atoms. The minimum Gasteiger partial charge on any atom is -0.462 e. The Labute approximate surface area is 348 Å². The molecule has 0 aromatic rings. The highest BCUT2D eigenvalue weighted by molar-refractivity contribution is 5.71. The van der Waals surface area contributed by atoms with Crippen LogP contribution in [0.3, 0.4) is 0 Å². The summed E-state index contributed by atoms with van der Waals surface area (Å²) in [6.45, 7) is 8.99. The number of carbonyl (C=O) groups is 3. The van der Waals surface area contributed by atoms with E-state index < -0.39 is 6.10 Å². The van der Waals surface area contributed by atoms with Gasteiger partial charge in [0.05, 0.1) is 0 Å². The van der Waals surface area contributed by atoms with Gasteiger partial charge in [0.25, 0.3) is 0 Å². The molecule has 0 saturated heterocycles. The number of hydrogen-bond donors (Lipinski definition) is 0. The van der Waals surface area contributed by atoms with Gasteiger partial charge in [-0.15, -0.1) is 0 Å². The first-order valence-electron chi connectivity index (χ1n) is 24.9. The van der Waals surface area contributed by atoms with Gasteiger partial charge in [0.2, 0.25) is 0 Å². The normalized spacial score (nSPS) is 11.9. The maximum Gasteiger partial charge on any atom is 0.306 e. The van der Waals surface area contributed by atoms with Crippen molar-refractivity contribution in [2.24, 2.45) is 5.92 Å². The van der Waals surface area contributed by atoms with Crippen molar-refractivity contribution in [3.63, 3.8) is 0 Å². The van der Waals surface area contributed by atoms with E-state index in [-0.39, 0.29) is 31.1 Å². The van der Waals surface area contributed by atoms with E-state index in [1.165, 1.54) is 173 Å². The molecule has 0 aliphatic carbocycles. The Hall–Kier alpha value is -1.59. The van der Waals surface area contributed by atoms with Gasteiger partial charge < -0.3 is 14.2 Å². The Morgan fingerprint density at radius 3 is 0.875 bits per heavy atom. The average Bonchev–Trinajstić information content (AvgIpc) is 3.18. The van der Waals surface area contributed by atoms with E-state index in [4.69, 9.17) is 14.2 Å². The first kappa shape index (κ1) is 54.4. The van der Waals surface area contributed by atoms with Crippen LogP contribution in [0.15, 0.2) is 0 Å². The molecule has 0 bridgehead atoms. The Morgan fingerprint density at radius 1 is 0.339 bits per heavy atom. The highest BCUT2D eigenvalue weighted by Crippen LogP contribution is 2.17. The lowest BCUT2D eigenvalue weighted by Gasteiger charge is -2.18. The summed E-state index contributed by atoms with van der Waals surface area (Å²) >= 11 is 0. The van der Waals surface area contributed by atoms with E-state index in [0.29, 0.717) is 19.3 Å². The van der Waals surface area contributed by atoms with E-state index in [1.54, 1.807) is 0 Å². The monoisotopic (exact) mass is 793 g/mol. The quantitative estimate of drug-likeness (QED) is 0.0347. The molecule has 0 rings (SSSR count). The third-order valence-corrected chi connectivity index (χ3v) is 11.3. The zero-order valence-corrected chi connectivity index (χ0v) is 38.1. The Morgan fingerprint density at radius 2 is 0.589 bits per heavy atom. The molecule has 0 unspecified atom stereocenters. The molecule has 0 amide bonds. The molecule has 0 radical (unpaired) electrons. The van der Waals surface area contributed by atoms with Gasteiger partial charge in [-0.3, -0.25) is 14.4 Å². The predicted octanol–water partition coefficient (Wildman–Crippen LogP) is 15.9. The van der Waals surface area contributed by atoms with Crippen LogP contribution in [-0.4, -0.2) is 37.2 Å². The van der Waals surface area contributed by atoms with Gasteiger partial charge in [0.15, 0.2) is 6.10 Å². The molecule has 332 valence electrons. The minimum atomic E-state index is -0.758. The molecular formula is C50H96O6. The molecular weight excluding hydrogens is 697 g/mol. The first-order valence-corrected chi connectivity index (χ1v) is 24.9. The van der Waals surface area contributed by atoms with Gasteiger partial charge in [0.1, 0.15) is 13.2 Å². The molecule has 0 aliphatic rings. The Bertz CT molecular complexity index is 841. The van der Waals surface area contributed by atoms with Crippen LogP contribution < -0.4 is 0 Å². The summed E-state index contributed by atoms with van der Waals surface area (Å²) in [6.07, 6.45) is 45.3. The van der Waals surface area contributed by atoms with Crippen molar-refractivity contribution in [3.05, 3.63) is 0 Å². The third kappa shape index (κ3) is 43.5. The lowest BCUT2D eigenvalue weighted by atomic mass is 10.0. The second-order valence-electron chi connectivity index (χ2n) is 17.6. The highest BCUT2D eigenvalue weighted by Gasteiger charge is 2.19. The predicted molar refractivity (Wildman–Crippen MR) is 238 cm³/mol. The highest BCUT2D eigenvalue weighted by atomic mass is 16.6. The number of unbranched alkanes of at least 4 members (excludes halogenated alkanes) is 32. The summed E-state index contributed by atoms with van der Waals surface area (Å²) in [5.74, 6) is -0.00499. The maximum atomic E-state index is 12.6. The van der Waals surface area contributed by atoms with Crippen molar-refractivity contribution in [2.45, 2.75) is 284 Å². The van der Waals surface area contributed by atoms with Crippen molar-refractivity contribution in [2.75, 3.05) is 13.2 Å². The lowest BCUT2D eigenvalue weighted by Crippen LogP contribution is -2.30. The van der Waals surface area contributed by atoms with Gasteiger partial charge in [-0.25, -0.2) is 0 Å². The van der Waals surface area contributed by atoms with Crippen molar-refractivity contribution in [3.8, 4) is 0 Å². The largest absolute Gasteiger partial charge is 0.462 e. The second kappa shape index (κ2) is 44.5. The van der Waals surface area contributed by atoms with Crippen LogP contribution in [0.4, 0.5) is 0 Å². The minimum absolute atomic E-state index is 0.0636. The van der Waals surface area contributed by atoms with Crippen molar-refractivity contribution < 1.29 is 28.6 Å². The number of esters is 3. The van der Waals surface area contributed by atoms with Crippen LogP contribution >= 0.6 is 0 Å². The summed E-state index contributed by atoms with van der Waals surface area (Å²) in [4.78, 5) is 37.7. The molecule has 0 saturated carbocycles. The van der Waals surface area contributed by atoms with Crippen LogP contribution in [-0.2, 0) is 28.6 Å². The zero-order valence-electron chi connectivity index (χ0n) is 38.1. The van der Waals surface area contributed by atoms with E-state index in [2.05, 4.69) is 27.7 Å². The van der Waals surface area contributed by atoms with Gasteiger partial charge in [-0.2, -0.15) is 0 Å². The average molecular weight is 793 g/mol. The Balaban J connectivity index is 4.16. The Kier molecular flexibility index (Phi) is 43.2. The first-order chi connectivity index (χ1) is 27.4. The summed E-state index contributed by atoms with van der Waals surface area (Å²) in [5.41, 5.74) is 0. The van der Waals surface area contributed by atoms with Crippen LogP contribution in [0.2, 0.25) is 0 Å². The van der Waals surface area contributed by atoms with E-state index in [1.807, 2.05) is 0 Å². The summed E-state index contributed by atoms with van der Waals surface area (Å²) in [6, 6.07) is 0. The van der Waals surface area contributed by atoms with E-state index in [0.717, 1.165) is 63.7 Å². The molecule has 0 N–H and O–H groups in total. The van der Waals surface area contributed by atoms with Gasteiger partial charge >= 0.3 is 17.9 Å². The zero-order chi connectivity index (χ0) is 41.0. The number of ether oxygens (including phenoxy) is 3. The fraction of sp³-hybridized carbons (Fsp3) is 0.940. The summed E-state index contributed by atoms with van der Waals surface area (Å²) in [7, 11) is 0. The maximum absolute atomic E-state index is 12.6. The van der Waals surface area contributed by atoms with Crippen LogP contribution in [0.25, 0.3) is 0 Å². The molecule has 6 heteroatoms. The van der Waals surface area contributed by atoms with Crippen LogP contribution in [0, 0.1) is 5.92 Å². The molecule has 0 heterocycles. The lowest BCUT2D eigenvalue weighted by molar-refractivity contribution is -0.167. The van der Waals surface area contributed by atoms with Crippen molar-refractivity contribution >= 4 is 17.9 Å². The number of hydrogen-bond acceptors (Lipinski definition) is 6. The molecule has 0 aliphatic heterocycles. The van der Waals surface area contributed by atoms with Crippen molar-refractivity contribution in [1.82, 2.24) is 0 Å². The molecule has 0 aromatic carbocycles. The fourth-order valence-electron chi connectivity index (χ4n) is 7.51. The SMILES string of the molecule is CCCCCCCCCCCCCCCC(=O)OC[C@@H](COC(=O)CCCCCCCCCCCCCCCCCC(C)C)OC(=O)CCCCCCCCC. The fourth-order valence-corrected chi connectivity index (χ4v) is 7.51. The smallest absolute Gasteiger partial charge is 0.306 e. The van der Waals surface area contributed by atoms with Gasteiger partial charge in [0, 0.05) is 19.3 Å². The molecule has 0 fully saturated rings. The number of rotatable bonds is 45. The van der Waals surface area contributed by atoms with Gasteiger partial charge in [-0.1, -0.05) is 240 Å². The van der Waals surface area contributed by atoms with Crippen LogP contribution in [0.5, 0.6) is 0 Å². The molecule has 1 atom stereocenters. The second-order valence-corrected chi connectivity index (χ2v) is 17.6. The summed E-state index contributed by atoms with van der Waals surface area (Å²) in [5, 5.41) is 0. The standard InChI is InChI=1S/C50H96O6/c1-5-7-9-11-13-14-15-19-23-26-30-33-37-41-48(51)54-44-47(56-50(53)43-39-35-28-12-10-8-6-2)45-55-49(52)42-38-34-31-27-24-21-18-16-17-20-22-25-29-32-36-40-46(3)4/h46-47H,5-45H2,1-4H3/t47-/m0/s1. The molecule has 6 nitrogen and oxygen atoms in total. The van der Waals surface area contributed by atoms with E-state index in [9.17, 15) is 14.4 Å². The molecule has 0 aromatic heterocycles. The van der Waals surface area contributed by atoms with Gasteiger partial charge in [-0.05, 0) is 25.2 Å². The van der Waals surface area contributed by atoms with E-state index >= 15 is 0 Å². The summed E-state index contributed by atoms with van der Waals surface area (Å²) < 4.78 is 16.7. The number of carbonyl (C=O) groups excluding carboxylic acids is 3. The van der Waals surface area contributed by atoms with Crippen molar-refractivity contribution in [1.29, 1.82) is 0 Å². The molecule has 0 spiro atoms. The van der Waals surface area contributed by atoms with Crippen LogP contribution in [0.1, 0.15) is 278 Å².